The van der Waals surface area contributed by atoms with Gasteiger partial charge in [0.2, 0.25) is 11.9 Å². The lowest BCUT2D eigenvalue weighted by molar-refractivity contribution is -0.120. The highest BCUT2D eigenvalue weighted by molar-refractivity contribution is 7.17. The highest BCUT2D eigenvalue weighted by Crippen LogP contribution is 2.32. The first-order chi connectivity index (χ1) is 11.7. The van der Waals surface area contributed by atoms with Crippen LogP contribution in [0, 0.1) is 0 Å². The standard InChI is InChI=1S/C15H17N7OS/c1-2-8-7-11(21-20-8)18-14-12-9(4-6-24-12)17-15(19-14)22-5-3-10(22)13(16)23/h4,6-7,10H,2-3,5H2,1H3,(H2,16,23)(H2,17,18,19,20,21)/t10-/m0/s1. The second-order valence-corrected chi connectivity index (χ2v) is 6.58. The number of nitrogens with one attached hydrogen (secondary N) is 2. The molecule has 1 atom stereocenters. The summed E-state index contributed by atoms with van der Waals surface area (Å²) in [6, 6.07) is 3.57. The van der Waals surface area contributed by atoms with Gasteiger partial charge in [0, 0.05) is 18.3 Å². The van der Waals surface area contributed by atoms with Gasteiger partial charge in [-0.15, -0.1) is 11.3 Å². The van der Waals surface area contributed by atoms with E-state index in [0.29, 0.717) is 17.6 Å². The van der Waals surface area contributed by atoms with E-state index in [2.05, 4.69) is 32.4 Å². The molecule has 8 nitrogen and oxygen atoms in total. The molecule has 0 bridgehead atoms. The van der Waals surface area contributed by atoms with Crippen molar-refractivity contribution in [2.24, 2.45) is 5.73 Å². The maximum Gasteiger partial charge on any atom is 0.240 e. The monoisotopic (exact) mass is 343 g/mol. The van der Waals surface area contributed by atoms with Crippen molar-refractivity contribution in [1.29, 1.82) is 0 Å². The van der Waals surface area contributed by atoms with E-state index in [0.717, 1.165) is 35.3 Å². The van der Waals surface area contributed by atoms with E-state index in [1.807, 2.05) is 22.4 Å². The summed E-state index contributed by atoms with van der Waals surface area (Å²) in [4.78, 5) is 22.5. The average Bonchev–Trinajstić information content (AvgIpc) is 3.14. The Balaban J connectivity index is 1.71. The molecular formula is C15H17N7OS. The van der Waals surface area contributed by atoms with Crippen LogP contribution in [-0.4, -0.2) is 38.7 Å². The van der Waals surface area contributed by atoms with Crippen LogP contribution in [-0.2, 0) is 11.2 Å². The summed E-state index contributed by atoms with van der Waals surface area (Å²) in [6.07, 6.45) is 1.62. The number of nitrogens with two attached hydrogens (primary N) is 1. The van der Waals surface area contributed by atoms with Crippen molar-refractivity contribution in [3.63, 3.8) is 0 Å². The largest absolute Gasteiger partial charge is 0.368 e. The molecule has 1 saturated heterocycles. The van der Waals surface area contributed by atoms with Crippen molar-refractivity contribution in [3.8, 4) is 0 Å². The Morgan fingerprint density at radius 2 is 2.42 bits per heavy atom. The second kappa shape index (κ2) is 5.75. The number of hydrogen-bond donors (Lipinski definition) is 3. The Kier molecular flexibility index (Phi) is 3.57. The molecule has 3 aromatic rings. The minimum atomic E-state index is -0.343. The number of anilines is 3. The van der Waals surface area contributed by atoms with Gasteiger partial charge in [0.15, 0.2) is 11.6 Å². The molecule has 1 aliphatic heterocycles. The van der Waals surface area contributed by atoms with E-state index >= 15 is 0 Å². The number of nitrogens with zero attached hydrogens (tertiary/aromatic N) is 4. The van der Waals surface area contributed by atoms with Crippen LogP contribution < -0.4 is 16.0 Å². The topological polar surface area (TPSA) is 113 Å². The molecule has 124 valence electrons. The molecule has 0 aromatic carbocycles. The zero-order valence-electron chi connectivity index (χ0n) is 13.1. The van der Waals surface area contributed by atoms with Gasteiger partial charge in [-0.25, -0.2) is 4.98 Å². The number of aromatic amines is 1. The van der Waals surface area contributed by atoms with E-state index < -0.39 is 0 Å². The van der Waals surface area contributed by atoms with Crippen LogP contribution in [0.25, 0.3) is 10.2 Å². The van der Waals surface area contributed by atoms with Gasteiger partial charge in [0.05, 0.1) is 10.2 Å². The fraction of sp³-hybridized carbons (Fsp3) is 0.333. The molecule has 4 N–H and O–H groups in total. The Morgan fingerprint density at radius 3 is 3.08 bits per heavy atom. The summed E-state index contributed by atoms with van der Waals surface area (Å²) in [5.41, 5.74) is 7.32. The normalized spacial score (nSPS) is 17.0. The van der Waals surface area contributed by atoms with Crippen LogP contribution in [0.5, 0.6) is 0 Å². The lowest BCUT2D eigenvalue weighted by Crippen LogP contribution is -2.55. The van der Waals surface area contributed by atoms with Crippen LogP contribution in [0.3, 0.4) is 0 Å². The third kappa shape index (κ3) is 2.46. The van der Waals surface area contributed by atoms with Crippen molar-refractivity contribution in [1.82, 2.24) is 20.2 Å². The predicted octanol–water partition coefficient (Wildman–Crippen LogP) is 1.78. The van der Waals surface area contributed by atoms with E-state index in [1.54, 1.807) is 11.3 Å². The Morgan fingerprint density at radius 1 is 1.54 bits per heavy atom. The van der Waals surface area contributed by atoms with Crippen LogP contribution in [0.1, 0.15) is 19.0 Å². The van der Waals surface area contributed by atoms with Crippen molar-refractivity contribution in [2.75, 3.05) is 16.8 Å². The highest BCUT2D eigenvalue weighted by Gasteiger charge is 2.35. The first kappa shape index (κ1) is 14.9. The lowest BCUT2D eigenvalue weighted by atomic mass is 10.0. The molecular weight excluding hydrogens is 326 g/mol. The lowest BCUT2D eigenvalue weighted by Gasteiger charge is -2.38. The molecule has 1 aliphatic rings. The predicted molar refractivity (Wildman–Crippen MR) is 93.6 cm³/mol. The van der Waals surface area contributed by atoms with Crippen molar-refractivity contribution >= 4 is 45.0 Å². The van der Waals surface area contributed by atoms with Gasteiger partial charge in [-0.2, -0.15) is 10.1 Å². The Hall–Kier alpha value is -2.68. The number of amides is 1. The summed E-state index contributed by atoms with van der Waals surface area (Å²) >= 11 is 1.56. The van der Waals surface area contributed by atoms with Gasteiger partial charge in [-0.05, 0) is 24.3 Å². The molecule has 1 amide bonds. The SMILES string of the molecule is CCc1cc(Nc2nc(N3CC[C@H]3C(N)=O)nc3ccsc23)n[nH]1. The number of rotatable bonds is 5. The average molecular weight is 343 g/mol. The highest BCUT2D eigenvalue weighted by atomic mass is 32.1. The van der Waals surface area contributed by atoms with Crippen molar-refractivity contribution in [3.05, 3.63) is 23.2 Å². The molecule has 4 heterocycles. The first-order valence-electron chi connectivity index (χ1n) is 7.78. The molecule has 0 radical (unpaired) electrons. The number of fused-ring (bicyclic) bond motifs is 1. The minimum Gasteiger partial charge on any atom is -0.368 e. The quantitative estimate of drug-likeness (QED) is 0.651. The van der Waals surface area contributed by atoms with Crippen LogP contribution >= 0.6 is 11.3 Å². The van der Waals surface area contributed by atoms with Gasteiger partial charge < -0.3 is 16.0 Å². The minimum absolute atomic E-state index is 0.328. The molecule has 1 fully saturated rings. The Labute approximate surface area is 142 Å². The fourth-order valence-corrected chi connectivity index (χ4v) is 3.49. The molecule has 4 rings (SSSR count). The summed E-state index contributed by atoms with van der Waals surface area (Å²) in [6.45, 7) is 2.79. The van der Waals surface area contributed by atoms with Crippen molar-refractivity contribution < 1.29 is 4.79 Å². The number of aromatic nitrogens is 4. The van der Waals surface area contributed by atoms with E-state index in [4.69, 9.17) is 5.73 Å². The van der Waals surface area contributed by atoms with E-state index in [1.165, 1.54) is 0 Å². The second-order valence-electron chi connectivity index (χ2n) is 5.66. The third-order valence-electron chi connectivity index (χ3n) is 4.16. The maximum absolute atomic E-state index is 11.5. The molecule has 9 heteroatoms. The van der Waals surface area contributed by atoms with Crippen LogP contribution in [0.2, 0.25) is 0 Å². The van der Waals surface area contributed by atoms with E-state index in [9.17, 15) is 4.79 Å². The number of thiophene rings is 1. The van der Waals surface area contributed by atoms with Gasteiger partial charge in [-0.3, -0.25) is 9.89 Å². The molecule has 0 spiro atoms. The third-order valence-corrected chi connectivity index (χ3v) is 5.07. The zero-order chi connectivity index (χ0) is 16.7. The maximum atomic E-state index is 11.5. The molecule has 24 heavy (non-hydrogen) atoms. The molecule has 0 aliphatic carbocycles. The molecule has 0 unspecified atom stereocenters. The summed E-state index contributed by atoms with van der Waals surface area (Å²) in [5, 5.41) is 12.4. The number of aryl methyl sites for hydroxylation is 1. The zero-order valence-corrected chi connectivity index (χ0v) is 13.9. The number of hydrogen-bond acceptors (Lipinski definition) is 7. The number of primary amides is 1. The van der Waals surface area contributed by atoms with Gasteiger partial charge in [0.1, 0.15) is 6.04 Å². The first-order valence-corrected chi connectivity index (χ1v) is 8.66. The van der Waals surface area contributed by atoms with Crippen LogP contribution in [0.15, 0.2) is 17.5 Å². The van der Waals surface area contributed by atoms with Gasteiger partial charge in [0.25, 0.3) is 0 Å². The molecule has 0 saturated carbocycles. The molecule has 3 aromatic heterocycles. The van der Waals surface area contributed by atoms with Crippen molar-refractivity contribution in [2.45, 2.75) is 25.8 Å². The number of carbonyl (C=O) groups is 1. The summed E-state index contributed by atoms with van der Waals surface area (Å²) < 4.78 is 0.955. The fourth-order valence-electron chi connectivity index (χ4n) is 2.72. The Bertz CT molecular complexity index is 902. The van der Waals surface area contributed by atoms with Gasteiger partial charge in [-0.1, -0.05) is 6.92 Å². The number of H-pyrrole nitrogens is 1. The number of carbonyl (C=O) groups excluding carboxylic acids is 1. The van der Waals surface area contributed by atoms with Crippen LogP contribution in [0.4, 0.5) is 17.6 Å². The van der Waals surface area contributed by atoms with E-state index in [-0.39, 0.29) is 11.9 Å². The smallest absolute Gasteiger partial charge is 0.240 e. The summed E-state index contributed by atoms with van der Waals surface area (Å²) in [7, 11) is 0. The van der Waals surface area contributed by atoms with Gasteiger partial charge >= 0.3 is 0 Å². The summed E-state index contributed by atoms with van der Waals surface area (Å²) in [5.74, 6) is 1.57.